The second kappa shape index (κ2) is 6.07. The van der Waals surface area contributed by atoms with Crippen LogP contribution < -0.4 is 5.14 Å². The maximum absolute atomic E-state index is 11.8. The molecule has 24 heavy (non-hydrogen) atoms. The standard InChI is InChI=1S/C19H21NO3S/c1-3-19(18-5-4-12-23-18)11-10-16(24(20,21)22)13-17(19)15-8-6-14(2)7-9-15/h4-13,17H,3H2,1-2H3,(H2,20,21,22). The van der Waals surface area contributed by atoms with Crippen molar-refractivity contribution in [2.45, 2.75) is 31.6 Å². The molecule has 3 rings (SSSR count). The number of nitrogens with two attached hydrogens (primary N) is 1. The summed E-state index contributed by atoms with van der Waals surface area (Å²) in [5.41, 5.74) is 1.75. The fourth-order valence-corrected chi connectivity index (χ4v) is 3.93. The Morgan fingerprint density at radius 1 is 1.21 bits per heavy atom. The predicted octanol–water partition coefficient (Wildman–Crippen LogP) is 3.76. The summed E-state index contributed by atoms with van der Waals surface area (Å²) in [5.74, 6) is 0.643. The largest absolute Gasteiger partial charge is 0.468 e. The van der Waals surface area contributed by atoms with Crippen LogP contribution >= 0.6 is 0 Å². The van der Waals surface area contributed by atoms with E-state index in [1.165, 1.54) is 0 Å². The Hall–Kier alpha value is -2.11. The van der Waals surface area contributed by atoms with Crippen molar-refractivity contribution in [3.63, 3.8) is 0 Å². The second-order valence-electron chi connectivity index (χ2n) is 6.21. The van der Waals surface area contributed by atoms with Gasteiger partial charge in [-0.05, 0) is 37.1 Å². The van der Waals surface area contributed by atoms with Gasteiger partial charge in [-0.2, -0.15) is 0 Å². The summed E-state index contributed by atoms with van der Waals surface area (Å²) in [6.07, 6.45) is 7.66. The predicted molar refractivity (Wildman–Crippen MR) is 94.9 cm³/mol. The molecule has 4 nitrogen and oxygen atoms in total. The molecule has 2 unspecified atom stereocenters. The zero-order valence-electron chi connectivity index (χ0n) is 13.8. The van der Waals surface area contributed by atoms with Crippen molar-refractivity contribution in [1.29, 1.82) is 0 Å². The normalized spacial score (nSPS) is 24.0. The number of primary sulfonamides is 1. The lowest BCUT2D eigenvalue weighted by Crippen LogP contribution is -2.33. The lowest BCUT2D eigenvalue weighted by molar-refractivity contribution is 0.355. The highest BCUT2D eigenvalue weighted by Crippen LogP contribution is 2.47. The average Bonchev–Trinajstić information content (AvgIpc) is 3.09. The van der Waals surface area contributed by atoms with Gasteiger partial charge in [0.05, 0.1) is 16.6 Å². The number of aryl methyl sites for hydroxylation is 1. The molecule has 0 amide bonds. The molecule has 0 bridgehead atoms. The van der Waals surface area contributed by atoms with Gasteiger partial charge in [-0.3, -0.25) is 0 Å². The molecule has 1 aliphatic rings. The monoisotopic (exact) mass is 343 g/mol. The van der Waals surface area contributed by atoms with E-state index in [2.05, 4.69) is 6.92 Å². The van der Waals surface area contributed by atoms with E-state index in [-0.39, 0.29) is 10.8 Å². The number of furan rings is 1. The topological polar surface area (TPSA) is 73.3 Å². The summed E-state index contributed by atoms with van der Waals surface area (Å²) >= 11 is 0. The van der Waals surface area contributed by atoms with E-state index >= 15 is 0 Å². The van der Waals surface area contributed by atoms with Gasteiger partial charge >= 0.3 is 0 Å². The van der Waals surface area contributed by atoms with E-state index in [9.17, 15) is 8.42 Å². The summed E-state index contributed by atoms with van der Waals surface area (Å²) in [7, 11) is -3.76. The first-order valence-corrected chi connectivity index (χ1v) is 9.46. The number of hydrogen-bond acceptors (Lipinski definition) is 3. The minimum atomic E-state index is -3.76. The van der Waals surface area contributed by atoms with Crippen LogP contribution in [0.1, 0.15) is 36.1 Å². The fraction of sp³-hybridized carbons (Fsp3) is 0.263. The Morgan fingerprint density at radius 2 is 1.92 bits per heavy atom. The van der Waals surface area contributed by atoms with Crippen molar-refractivity contribution in [1.82, 2.24) is 0 Å². The summed E-state index contributed by atoms with van der Waals surface area (Å²) in [6.45, 7) is 4.10. The Kier molecular flexibility index (Phi) is 4.24. The molecular weight excluding hydrogens is 322 g/mol. The van der Waals surface area contributed by atoms with Crippen LogP contribution in [0.25, 0.3) is 0 Å². The van der Waals surface area contributed by atoms with E-state index < -0.39 is 15.4 Å². The molecule has 1 aromatic carbocycles. The molecule has 0 radical (unpaired) electrons. The lowest BCUT2D eigenvalue weighted by Gasteiger charge is -2.37. The molecule has 1 aliphatic carbocycles. The zero-order valence-corrected chi connectivity index (χ0v) is 14.6. The van der Waals surface area contributed by atoms with Crippen LogP contribution in [-0.4, -0.2) is 8.42 Å². The van der Waals surface area contributed by atoms with Crippen molar-refractivity contribution < 1.29 is 12.8 Å². The summed E-state index contributed by atoms with van der Waals surface area (Å²) < 4.78 is 29.4. The van der Waals surface area contributed by atoms with Gasteiger partial charge in [-0.25, -0.2) is 13.6 Å². The third-order valence-electron chi connectivity index (χ3n) is 4.76. The molecule has 2 aromatic rings. The molecule has 0 aliphatic heterocycles. The minimum absolute atomic E-state index is 0.142. The highest BCUT2D eigenvalue weighted by Gasteiger charge is 2.41. The molecule has 0 spiro atoms. The van der Waals surface area contributed by atoms with Crippen LogP contribution in [0.5, 0.6) is 0 Å². The third kappa shape index (κ3) is 2.85. The van der Waals surface area contributed by atoms with Gasteiger partial charge in [0.15, 0.2) is 0 Å². The molecule has 126 valence electrons. The van der Waals surface area contributed by atoms with Gasteiger partial charge in [-0.1, -0.05) is 48.9 Å². The van der Waals surface area contributed by atoms with Crippen molar-refractivity contribution in [3.8, 4) is 0 Å². The molecule has 0 fully saturated rings. The Bertz CT molecular complexity index is 877. The minimum Gasteiger partial charge on any atom is -0.468 e. The lowest BCUT2D eigenvalue weighted by atomic mass is 9.66. The molecule has 0 saturated heterocycles. The van der Waals surface area contributed by atoms with E-state index in [1.54, 1.807) is 18.4 Å². The molecule has 0 saturated carbocycles. The van der Waals surface area contributed by atoms with Gasteiger partial charge in [-0.15, -0.1) is 0 Å². The molecule has 5 heteroatoms. The SMILES string of the molecule is CCC1(c2ccco2)C=CC(S(N)(=O)=O)=CC1c1ccc(C)cc1. The van der Waals surface area contributed by atoms with Crippen molar-refractivity contribution in [2.75, 3.05) is 0 Å². The average molecular weight is 343 g/mol. The van der Waals surface area contributed by atoms with Gasteiger partial charge in [0.25, 0.3) is 0 Å². The van der Waals surface area contributed by atoms with Crippen molar-refractivity contribution >= 4 is 10.0 Å². The van der Waals surface area contributed by atoms with E-state index in [0.29, 0.717) is 0 Å². The second-order valence-corrected chi connectivity index (χ2v) is 7.77. The molecule has 2 atom stereocenters. The van der Waals surface area contributed by atoms with Crippen LogP contribution in [0.3, 0.4) is 0 Å². The van der Waals surface area contributed by atoms with Crippen LogP contribution in [-0.2, 0) is 15.4 Å². The first kappa shape index (κ1) is 16.7. The van der Waals surface area contributed by atoms with Crippen LogP contribution in [0.2, 0.25) is 0 Å². The smallest absolute Gasteiger partial charge is 0.237 e. The summed E-state index contributed by atoms with van der Waals surface area (Å²) in [4.78, 5) is 0.142. The maximum Gasteiger partial charge on any atom is 0.237 e. The van der Waals surface area contributed by atoms with Crippen molar-refractivity contribution in [2.24, 2.45) is 5.14 Å². The van der Waals surface area contributed by atoms with Crippen molar-refractivity contribution in [3.05, 3.63) is 82.7 Å². The van der Waals surface area contributed by atoms with Gasteiger partial charge in [0.1, 0.15) is 5.76 Å². The fourth-order valence-electron chi connectivity index (χ4n) is 3.35. The Balaban J connectivity index is 2.20. The number of rotatable bonds is 4. The van der Waals surface area contributed by atoms with E-state index in [0.717, 1.165) is 23.3 Å². The number of allylic oxidation sites excluding steroid dienone is 3. The van der Waals surface area contributed by atoms with Gasteiger partial charge in [0.2, 0.25) is 10.0 Å². The van der Waals surface area contributed by atoms with Crippen LogP contribution in [0, 0.1) is 6.92 Å². The van der Waals surface area contributed by atoms with Crippen LogP contribution in [0.4, 0.5) is 0 Å². The number of benzene rings is 1. The van der Waals surface area contributed by atoms with Gasteiger partial charge in [0, 0.05) is 5.92 Å². The Labute approximate surface area is 142 Å². The van der Waals surface area contributed by atoms with E-state index in [1.807, 2.05) is 49.4 Å². The number of sulfonamides is 1. The molecule has 1 aromatic heterocycles. The third-order valence-corrected chi connectivity index (χ3v) is 5.69. The first-order chi connectivity index (χ1) is 11.4. The molecule has 1 heterocycles. The summed E-state index contributed by atoms with van der Waals surface area (Å²) in [5, 5.41) is 5.35. The zero-order chi connectivity index (χ0) is 17.4. The first-order valence-electron chi connectivity index (χ1n) is 7.91. The highest BCUT2D eigenvalue weighted by atomic mass is 32.2. The number of hydrogen-bond donors (Lipinski definition) is 1. The Morgan fingerprint density at radius 3 is 2.46 bits per heavy atom. The van der Waals surface area contributed by atoms with E-state index in [4.69, 9.17) is 9.56 Å². The molecular formula is C19H21NO3S. The highest BCUT2D eigenvalue weighted by molar-refractivity contribution is 7.93. The van der Waals surface area contributed by atoms with Gasteiger partial charge < -0.3 is 4.42 Å². The quantitative estimate of drug-likeness (QED) is 0.918. The molecule has 2 N–H and O–H groups in total. The maximum atomic E-state index is 11.8. The summed E-state index contributed by atoms with van der Waals surface area (Å²) in [6, 6.07) is 11.9. The van der Waals surface area contributed by atoms with Crippen LogP contribution in [0.15, 0.2) is 70.2 Å².